The monoisotopic (exact) mass is 495 g/mol. The lowest BCUT2D eigenvalue weighted by Gasteiger charge is -2.16. The highest BCUT2D eigenvalue weighted by Gasteiger charge is 2.19. The number of aryl methyl sites for hydroxylation is 1. The van der Waals surface area contributed by atoms with Crippen molar-refractivity contribution >= 4 is 51.9 Å². The van der Waals surface area contributed by atoms with Gasteiger partial charge in [0.25, 0.3) is 0 Å². The molecule has 0 fully saturated rings. The second kappa shape index (κ2) is 11.1. The number of hydrogen-bond donors (Lipinski definition) is 3. The first-order chi connectivity index (χ1) is 16.6. The summed E-state index contributed by atoms with van der Waals surface area (Å²) >= 11 is 1.36. The molecule has 5 N–H and O–H groups in total. The number of carbonyl (C=O) groups excluding carboxylic acids is 1. The number of nitrogens with two attached hydrogens (primary N) is 2. The Hall–Kier alpha value is -3.79. The molecule has 3 rings (SSSR count). The van der Waals surface area contributed by atoms with E-state index in [9.17, 15) is 9.18 Å². The van der Waals surface area contributed by atoms with Crippen molar-refractivity contribution in [1.29, 1.82) is 5.41 Å². The van der Waals surface area contributed by atoms with Gasteiger partial charge < -0.3 is 16.0 Å². The van der Waals surface area contributed by atoms with Crippen LogP contribution in [0.5, 0.6) is 0 Å². The number of rotatable bonds is 10. The second-order valence-electron chi connectivity index (χ2n) is 8.30. The minimum absolute atomic E-state index is 0.201. The van der Waals surface area contributed by atoms with Crippen molar-refractivity contribution in [3.8, 4) is 0 Å². The number of aromatic nitrogens is 2. The van der Waals surface area contributed by atoms with E-state index in [-0.39, 0.29) is 12.1 Å². The van der Waals surface area contributed by atoms with Crippen molar-refractivity contribution in [2.45, 2.75) is 33.2 Å². The molecule has 10 heteroatoms. The fraction of sp³-hybridized carbons (Fsp3) is 0.280. The van der Waals surface area contributed by atoms with E-state index in [1.807, 2.05) is 25.2 Å². The van der Waals surface area contributed by atoms with Gasteiger partial charge in [-0.3, -0.25) is 15.2 Å². The van der Waals surface area contributed by atoms with E-state index in [0.717, 1.165) is 34.6 Å². The van der Waals surface area contributed by atoms with E-state index in [0.29, 0.717) is 34.1 Å². The van der Waals surface area contributed by atoms with Crippen LogP contribution in [0.3, 0.4) is 0 Å². The van der Waals surface area contributed by atoms with Gasteiger partial charge in [-0.1, -0.05) is 30.7 Å². The zero-order valence-corrected chi connectivity index (χ0v) is 21.1. The lowest BCUT2D eigenvalue weighted by molar-refractivity contribution is 0.111. The van der Waals surface area contributed by atoms with Crippen molar-refractivity contribution < 1.29 is 9.18 Å². The van der Waals surface area contributed by atoms with Gasteiger partial charge in [0, 0.05) is 49.1 Å². The fourth-order valence-corrected chi connectivity index (χ4v) is 4.79. The van der Waals surface area contributed by atoms with Gasteiger partial charge in [0.2, 0.25) is 5.97 Å². The summed E-state index contributed by atoms with van der Waals surface area (Å²) < 4.78 is 15.3. The molecule has 0 aliphatic heterocycles. The number of fused-ring (bicyclic) bond motifs is 1. The van der Waals surface area contributed by atoms with Crippen molar-refractivity contribution in [2.75, 3.05) is 12.8 Å². The maximum Gasteiger partial charge on any atom is 0.207 e. The molecule has 3 aromatic rings. The van der Waals surface area contributed by atoms with E-state index in [2.05, 4.69) is 30.0 Å². The molecule has 0 aliphatic rings. The molecular formula is C25H30FN7OS. The summed E-state index contributed by atoms with van der Waals surface area (Å²) in [6.07, 6.45) is 6.65. The van der Waals surface area contributed by atoms with Crippen LogP contribution in [0.4, 0.5) is 10.1 Å². The first kappa shape index (κ1) is 25.8. The van der Waals surface area contributed by atoms with E-state index < -0.39 is 5.97 Å². The van der Waals surface area contributed by atoms with Crippen molar-refractivity contribution in [3.63, 3.8) is 0 Å². The summed E-state index contributed by atoms with van der Waals surface area (Å²) in [5.74, 6) is -1.11. The second-order valence-corrected chi connectivity index (χ2v) is 9.39. The summed E-state index contributed by atoms with van der Waals surface area (Å²) in [5, 5.41) is 13.9. The minimum atomic E-state index is -1.11. The van der Waals surface area contributed by atoms with Crippen molar-refractivity contribution in [3.05, 3.63) is 62.9 Å². The molecule has 0 aliphatic carbocycles. The van der Waals surface area contributed by atoms with Crippen LogP contribution in [-0.2, 0) is 20.0 Å². The van der Waals surface area contributed by atoms with Gasteiger partial charge in [-0.05, 0) is 25.0 Å². The number of nitrogens with zero attached hydrogens (tertiary/aromatic N) is 4. The third-order valence-corrected chi connectivity index (χ3v) is 6.67. The van der Waals surface area contributed by atoms with E-state index >= 15 is 0 Å². The SMILES string of the molecule is CC/C(C)=C/c1c(N)cccc1CN(C)/N=C\c1c(C=O)n(C)c2nc(CC(N)=CC(=N)F)sc12. The smallest absolute Gasteiger partial charge is 0.207 e. The Kier molecular flexibility index (Phi) is 8.18. The Morgan fingerprint density at radius 2 is 2.11 bits per heavy atom. The van der Waals surface area contributed by atoms with E-state index in [1.165, 1.54) is 16.9 Å². The standard InChI is InChI=1S/C25H30FN7OS/c1-5-15(2)9-18-16(7-6-8-20(18)28)13-32(3)30-12-19-21(14-34)33(4)25-24(19)35-23(31-25)11-17(27)10-22(26)29/h6-10,12,14,29H,5,11,13,27-28H2,1-4H3/b15-9+,17-10?,29-22?,30-12-. The molecule has 0 radical (unpaired) electrons. The molecular weight excluding hydrogens is 465 g/mol. The van der Waals surface area contributed by atoms with Crippen LogP contribution in [0.25, 0.3) is 16.4 Å². The molecule has 0 spiro atoms. The number of nitrogens with one attached hydrogen (secondary N) is 1. The number of nitrogen functional groups attached to an aromatic ring is 1. The Labute approximate surface area is 207 Å². The largest absolute Gasteiger partial charge is 0.402 e. The normalized spacial score (nSPS) is 12.6. The lowest BCUT2D eigenvalue weighted by atomic mass is 10.0. The maximum absolute atomic E-state index is 12.8. The van der Waals surface area contributed by atoms with Gasteiger partial charge >= 0.3 is 0 Å². The molecule has 1 aromatic carbocycles. The number of aldehydes is 1. The van der Waals surface area contributed by atoms with Gasteiger partial charge in [0.1, 0.15) is 5.01 Å². The van der Waals surface area contributed by atoms with Gasteiger partial charge in [-0.2, -0.15) is 9.49 Å². The molecule has 184 valence electrons. The van der Waals surface area contributed by atoms with Crippen LogP contribution in [0.2, 0.25) is 0 Å². The van der Waals surface area contributed by atoms with Crippen molar-refractivity contribution in [1.82, 2.24) is 14.6 Å². The van der Waals surface area contributed by atoms with Crippen molar-refractivity contribution in [2.24, 2.45) is 17.9 Å². The average molecular weight is 496 g/mol. The lowest BCUT2D eigenvalue weighted by Crippen LogP contribution is -2.13. The Bertz CT molecular complexity index is 1350. The Balaban J connectivity index is 1.91. The van der Waals surface area contributed by atoms with E-state index in [1.54, 1.807) is 22.8 Å². The number of halogens is 1. The molecule has 35 heavy (non-hydrogen) atoms. The predicted octanol–water partition coefficient (Wildman–Crippen LogP) is 4.64. The van der Waals surface area contributed by atoms with Gasteiger partial charge in [0.15, 0.2) is 11.9 Å². The van der Waals surface area contributed by atoms with Gasteiger partial charge in [0.05, 0.1) is 23.2 Å². The zero-order chi connectivity index (χ0) is 25.7. The summed E-state index contributed by atoms with van der Waals surface area (Å²) in [5.41, 5.74) is 18.0. The summed E-state index contributed by atoms with van der Waals surface area (Å²) in [6.45, 7) is 4.71. The van der Waals surface area contributed by atoms with Crippen LogP contribution in [0, 0.1) is 5.41 Å². The van der Waals surface area contributed by atoms with Gasteiger partial charge in [-0.25, -0.2) is 4.98 Å². The molecule has 0 amide bonds. The Morgan fingerprint density at radius 3 is 2.77 bits per heavy atom. The number of hydrazone groups is 1. The summed E-state index contributed by atoms with van der Waals surface area (Å²) in [4.78, 5) is 16.4. The molecule has 8 nitrogen and oxygen atoms in total. The zero-order valence-electron chi connectivity index (χ0n) is 20.3. The third kappa shape index (κ3) is 6.02. The number of allylic oxidation sites excluding steroid dienone is 3. The molecule has 2 aromatic heterocycles. The molecule has 0 atom stereocenters. The maximum atomic E-state index is 12.8. The number of thiazole rings is 1. The van der Waals surface area contributed by atoms with Crippen LogP contribution in [-0.4, -0.2) is 40.1 Å². The number of anilines is 1. The summed E-state index contributed by atoms with van der Waals surface area (Å²) in [7, 11) is 3.62. The highest BCUT2D eigenvalue weighted by Crippen LogP contribution is 2.30. The Morgan fingerprint density at radius 1 is 1.37 bits per heavy atom. The topological polar surface area (TPSA) is 126 Å². The molecule has 0 saturated carbocycles. The highest BCUT2D eigenvalue weighted by molar-refractivity contribution is 7.19. The van der Waals surface area contributed by atoms with Crippen LogP contribution < -0.4 is 11.5 Å². The highest BCUT2D eigenvalue weighted by atomic mass is 32.1. The first-order valence-corrected chi connectivity index (χ1v) is 11.9. The molecule has 2 heterocycles. The van der Waals surface area contributed by atoms with Crippen LogP contribution in [0.15, 0.2) is 40.6 Å². The molecule has 0 bridgehead atoms. The molecule has 0 saturated heterocycles. The van der Waals surface area contributed by atoms with E-state index in [4.69, 9.17) is 16.9 Å². The minimum Gasteiger partial charge on any atom is -0.402 e. The first-order valence-electron chi connectivity index (χ1n) is 11.1. The number of carbonyl (C=O) groups is 1. The average Bonchev–Trinajstić information content (AvgIpc) is 3.30. The third-order valence-electron chi connectivity index (χ3n) is 5.59. The van der Waals surface area contributed by atoms with Gasteiger partial charge in [-0.15, -0.1) is 11.3 Å². The summed E-state index contributed by atoms with van der Waals surface area (Å²) in [6, 6.07) is 5.84. The number of benzene rings is 1. The molecule has 0 unspecified atom stereocenters. The quantitative estimate of drug-likeness (QED) is 0.163. The fourth-order valence-electron chi connectivity index (χ4n) is 3.64. The number of hydrogen-bond acceptors (Lipinski definition) is 8. The van der Waals surface area contributed by atoms with Crippen LogP contribution >= 0.6 is 11.3 Å². The van der Waals surface area contributed by atoms with Crippen LogP contribution in [0.1, 0.15) is 52.5 Å². The predicted molar refractivity (Wildman–Crippen MR) is 143 cm³/mol.